The standard InChI is InChI=1S/C24H22BrN3O3/c1-12-5-7-16-14(10-12)24(23(31)26-16)20-19(18-4-3-9-27(18)24)21(29)28(22(20)30)17-8-6-13(2)11-15(17)25/h5-8,10-11,18-20H,3-4,9H2,1-2H3,(H,26,31). The van der Waals surface area contributed by atoms with Crippen LogP contribution in [0.25, 0.3) is 0 Å². The average molecular weight is 480 g/mol. The van der Waals surface area contributed by atoms with Crippen LogP contribution in [0.1, 0.15) is 29.5 Å². The highest BCUT2D eigenvalue weighted by Crippen LogP contribution is 2.61. The van der Waals surface area contributed by atoms with E-state index in [1.54, 1.807) is 0 Å². The summed E-state index contributed by atoms with van der Waals surface area (Å²) in [5, 5.41) is 3.02. The van der Waals surface area contributed by atoms with Crippen molar-refractivity contribution in [2.45, 2.75) is 38.3 Å². The molecule has 4 heterocycles. The van der Waals surface area contributed by atoms with Gasteiger partial charge in [0.05, 0.1) is 17.5 Å². The van der Waals surface area contributed by atoms with Crippen LogP contribution in [-0.4, -0.2) is 35.2 Å². The first-order valence-corrected chi connectivity index (χ1v) is 11.5. The van der Waals surface area contributed by atoms with Crippen LogP contribution in [-0.2, 0) is 19.9 Å². The second-order valence-corrected chi connectivity index (χ2v) is 10.00. The van der Waals surface area contributed by atoms with Gasteiger partial charge in [0, 0.05) is 21.8 Å². The van der Waals surface area contributed by atoms with Gasteiger partial charge in [0.2, 0.25) is 17.7 Å². The zero-order valence-corrected chi connectivity index (χ0v) is 18.9. The molecule has 1 N–H and O–H groups in total. The summed E-state index contributed by atoms with van der Waals surface area (Å²) in [6, 6.07) is 11.4. The molecule has 3 amide bonds. The van der Waals surface area contributed by atoms with E-state index in [1.165, 1.54) is 4.90 Å². The number of hydrogen-bond donors (Lipinski definition) is 1. The number of nitrogens with zero attached hydrogens (tertiary/aromatic N) is 2. The summed E-state index contributed by atoms with van der Waals surface area (Å²) in [4.78, 5) is 44.8. The lowest BCUT2D eigenvalue weighted by molar-refractivity contribution is -0.135. The molecule has 6 nitrogen and oxygen atoms in total. The Bertz CT molecular complexity index is 1190. The predicted molar refractivity (Wildman–Crippen MR) is 120 cm³/mol. The monoisotopic (exact) mass is 479 g/mol. The molecule has 31 heavy (non-hydrogen) atoms. The minimum Gasteiger partial charge on any atom is -0.324 e. The number of hydrogen-bond acceptors (Lipinski definition) is 4. The molecule has 7 heteroatoms. The highest BCUT2D eigenvalue weighted by Gasteiger charge is 2.74. The van der Waals surface area contributed by atoms with Gasteiger partial charge in [-0.3, -0.25) is 19.3 Å². The van der Waals surface area contributed by atoms with Crippen LogP contribution >= 0.6 is 15.9 Å². The first-order valence-electron chi connectivity index (χ1n) is 10.7. The molecule has 158 valence electrons. The first kappa shape index (κ1) is 19.2. The van der Waals surface area contributed by atoms with Gasteiger partial charge in [-0.1, -0.05) is 23.8 Å². The van der Waals surface area contributed by atoms with Crippen molar-refractivity contribution in [2.75, 3.05) is 16.8 Å². The van der Waals surface area contributed by atoms with Gasteiger partial charge in [0.1, 0.15) is 5.54 Å². The Morgan fingerprint density at radius 2 is 1.77 bits per heavy atom. The molecule has 2 aromatic rings. The number of carbonyl (C=O) groups is 3. The summed E-state index contributed by atoms with van der Waals surface area (Å²) in [7, 11) is 0. The second kappa shape index (κ2) is 6.26. The van der Waals surface area contributed by atoms with Gasteiger partial charge in [-0.05, 0) is 72.9 Å². The Hall–Kier alpha value is -2.51. The van der Waals surface area contributed by atoms with Crippen molar-refractivity contribution in [3.8, 4) is 0 Å². The number of anilines is 2. The molecule has 0 aliphatic carbocycles. The molecule has 4 unspecified atom stereocenters. The normalized spacial score (nSPS) is 31.4. The van der Waals surface area contributed by atoms with Crippen molar-refractivity contribution in [3.63, 3.8) is 0 Å². The number of imide groups is 1. The molecule has 0 bridgehead atoms. The van der Waals surface area contributed by atoms with Crippen molar-refractivity contribution in [2.24, 2.45) is 11.8 Å². The van der Waals surface area contributed by atoms with Crippen LogP contribution in [0.2, 0.25) is 0 Å². The van der Waals surface area contributed by atoms with Crippen LogP contribution in [0.15, 0.2) is 40.9 Å². The van der Waals surface area contributed by atoms with E-state index >= 15 is 0 Å². The number of fused-ring (bicyclic) bond motifs is 7. The van der Waals surface area contributed by atoms with E-state index in [-0.39, 0.29) is 23.8 Å². The van der Waals surface area contributed by atoms with Crippen molar-refractivity contribution >= 4 is 45.0 Å². The van der Waals surface area contributed by atoms with E-state index < -0.39 is 17.4 Å². The molecule has 4 aliphatic heterocycles. The number of amides is 3. The van der Waals surface area contributed by atoms with Crippen molar-refractivity contribution in [3.05, 3.63) is 57.6 Å². The maximum absolute atomic E-state index is 13.9. The molecule has 0 radical (unpaired) electrons. The number of aryl methyl sites for hydroxylation is 2. The fraction of sp³-hybridized carbons (Fsp3) is 0.375. The Labute approximate surface area is 188 Å². The SMILES string of the molecule is Cc1ccc(N2C(=O)C3C4CCCN4C4(C(=O)Nc5ccc(C)cc54)C3C2=O)c(Br)c1. The largest absolute Gasteiger partial charge is 0.324 e. The summed E-state index contributed by atoms with van der Waals surface area (Å²) in [6.45, 7) is 4.67. The lowest BCUT2D eigenvalue weighted by atomic mass is 9.75. The van der Waals surface area contributed by atoms with E-state index in [4.69, 9.17) is 0 Å². The summed E-state index contributed by atoms with van der Waals surface area (Å²) in [5.41, 5.74) is 3.08. The lowest BCUT2D eigenvalue weighted by Crippen LogP contribution is -2.54. The maximum Gasteiger partial charge on any atom is 0.250 e. The topological polar surface area (TPSA) is 69.7 Å². The molecular formula is C24H22BrN3O3. The minimum absolute atomic E-state index is 0.104. The highest BCUT2D eigenvalue weighted by molar-refractivity contribution is 9.10. The summed E-state index contributed by atoms with van der Waals surface area (Å²) in [5.74, 6) is -1.89. The summed E-state index contributed by atoms with van der Waals surface area (Å²) in [6.07, 6.45) is 1.74. The fourth-order valence-electron chi connectivity index (χ4n) is 6.35. The Kier molecular flexibility index (Phi) is 3.88. The van der Waals surface area contributed by atoms with Gasteiger partial charge >= 0.3 is 0 Å². The summed E-state index contributed by atoms with van der Waals surface area (Å²) >= 11 is 3.53. The summed E-state index contributed by atoms with van der Waals surface area (Å²) < 4.78 is 0.707. The molecular weight excluding hydrogens is 458 g/mol. The molecule has 3 fully saturated rings. The molecule has 1 spiro atoms. The van der Waals surface area contributed by atoms with Crippen LogP contribution in [0.3, 0.4) is 0 Å². The number of benzene rings is 2. The number of carbonyl (C=O) groups excluding carboxylic acids is 3. The number of rotatable bonds is 1. The van der Waals surface area contributed by atoms with Crippen LogP contribution in [0.5, 0.6) is 0 Å². The molecule has 0 saturated carbocycles. The zero-order chi connectivity index (χ0) is 21.7. The molecule has 6 rings (SSSR count). The van der Waals surface area contributed by atoms with E-state index in [1.807, 2.05) is 50.2 Å². The van der Waals surface area contributed by atoms with Gasteiger partial charge < -0.3 is 5.32 Å². The van der Waals surface area contributed by atoms with Gasteiger partial charge in [-0.2, -0.15) is 0 Å². The highest BCUT2D eigenvalue weighted by atomic mass is 79.9. The molecule has 4 aliphatic rings. The van der Waals surface area contributed by atoms with Gasteiger partial charge in [-0.25, -0.2) is 4.90 Å². The smallest absolute Gasteiger partial charge is 0.250 e. The van der Waals surface area contributed by atoms with Crippen molar-refractivity contribution in [1.82, 2.24) is 4.90 Å². The van der Waals surface area contributed by atoms with E-state index in [0.717, 1.165) is 35.2 Å². The van der Waals surface area contributed by atoms with Crippen LogP contribution < -0.4 is 10.2 Å². The zero-order valence-electron chi connectivity index (χ0n) is 17.3. The fourth-order valence-corrected chi connectivity index (χ4v) is 7.02. The predicted octanol–water partition coefficient (Wildman–Crippen LogP) is 3.50. The van der Waals surface area contributed by atoms with Gasteiger partial charge in [0.15, 0.2) is 0 Å². The maximum atomic E-state index is 13.9. The third-order valence-electron chi connectivity index (χ3n) is 7.49. The molecule has 2 aromatic carbocycles. The molecule has 4 atom stereocenters. The average Bonchev–Trinajstić information content (AvgIpc) is 3.42. The number of nitrogens with one attached hydrogen (secondary N) is 1. The minimum atomic E-state index is -1.12. The van der Waals surface area contributed by atoms with Crippen LogP contribution in [0.4, 0.5) is 11.4 Å². The Morgan fingerprint density at radius 1 is 1.03 bits per heavy atom. The molecule has 3 saturated heterocycles. The third kappa shape index (κ3) is 2.23. The van der Waals surface area contributed by atoms with Crippen molar-refractivity contribution < 1.29 is 14.4 Å². The second-order valence-electron chi connectivity index (χ2n) is 9.14. The van der Waals surface area contributed by atoms with E-state index in [0.29, 0.717) is 16.7 Å². The van der Waals surface area contributed by atoms with Gasteiger partial charge in [-0.15, -0.1) is 0 Å². The lowest BCUT2D eigenvalue weighted by Gasteiger charge is -2.36. The Balaban J connectivity index is 1.57. The van der Waals surface area contributed by atoms with Crippen LogP contribution in [0, 0.1) is 25.7 Å². The quantitative estimate of drug-likeness (QED) is 0.635. The van der Waals surface area contributed by atoms with E-state index in [2.05, 4.69) is 26.1 Å². The third-order valence-corrected chi connectivity index (χ3v) is 8.13. The van der Waals surface area contributed by atoms with Crippen molar-refractivity contribution in [1.29, 1.82) is 0 Å². The van der Waals surface area contributed by atoms with Gasteiger partial charge in [0.25, 0.3) is 0 Å². The Morgan fingerprint density at radius 3 is 2.55 bits per heavy atom. The first-order chi connectivity index (χ1) is 14.9. The number of halogens is 1. The molecule has 0 aromatic heterocycles. The van der Waals surface area contributed by atoms with E-state index in [9.17, 15) is 14.4 Å².